The first-order valence-corrected chi connectivity index (χ1v) is 8.23. The molecular weight excluding hydrogens is 278 g/mol. The molecule has 1 saturated carbocycles. The predicted molar refractivity (Wildman–Crippen MR) is 75.6 cm³/mol. The van der Waals surface area contributed by atoms with E-state index in [9.17, 15) is 5.11 Å². The Kier molecular flexibility index (Phi) is 5.78. The molecule has 1 saturated heterocycles. The van der Waals surface area contributed by atoms with Crippen molar-refractivity contribution in [3.05, 3.63) is 0 Å². The lowest BCUT2D eigenvalue weighted by Crippen LogP contribution is -2.42. The van der Waals surface area contributed by atoms with Crippen molar-refractivity contribution in [3.8, 4) is 0 Å². The normalized spacial score (nSPS) is 27.9. The molecule has 1 aliphatic heterocycles. The fraction of sp³-hybridized carbons (Fsp3) is 1.00. The predicted octanol–water partition coefficient (Wildman–Crippen LogP) is 3.18. The maximum absolute atomic E-state index is 10.3. The van der Waals surface area contributed by atoms with Gasteiger partial charge in [-0.25, -0.2) is 0 Å². The Bertz CT molecular complexity index is 212. The Labute approximate surface area is 114 Å². The minimum Gasteiger partial charge on any atom is -0.391 e. The monoisotopic (exact) mass is 303 g/mol. The SMILES string of the molecule is O[C@@H](CN1CCCCC1)[C@H](Br)C1CCCCC1. The van der Waals surface area contributed by atoms with Gasteiger partial charge in [0.05, 0.1) is 6.10 Å². The molecule has 0 spiro atoms. The zero-order valence-electron chi connectivity index (χ0n) is 10.8. The maximum atomic E-state index is 10.3. The van der Waals surface area contributed by atoms with Crippen molar-refractivity contribution in [1.29, 1.82) is 0 Å². The van der Waals surface area contributed by atoms with E-state index >= 15 is 0 Å². The van der Waals surface area contributed by atoms with E-state index in [2.05, 4.69) is 20.8 Å². The lowest BCUT2D eigenvalue weighted by atomic mass is 9.85. The van der Waals surface area contributed by atoms with E-state index < -0.39 is 0 Å². The third-order valence-corrected chi connectivity index (χ3v) is 5.72. The Hall–Kier alpha value is 0.400. The fourth-order valence-corrected chi connectivity index (χ4v) is 3.97. The van der Waals surface area contributed by atoms with Crippen LogP contribution in [0, 0.1) is 5.92 Å². The van der Waals surface area contributed by atoms with Crippen LogP contribution in [0.25, 0.3) is 0 Å². The molecule has 2 rings (SSSR count). The van der Waals surface area contributed by atoms with Crippen LogP contribution in [0.4, 0.5) is 0 Å². The second kappa shape index (κ2) is 7.10. The third-order valence-electron chi connectivity index (χ3n) is 4.36. The number of β-amino-alcohol motifs (C(OH)–C–C–N with tert-alkyl or cyclic N) is 1. The summed E-state index contributed by atoms with van der Waals surface area (Å²) in [6, 6.07) is 0. The molecule has 0 aromatic rings. The first-order valence-electron chi connectivity index (χ1n) is 7.32. The number of halogens is 1. The number of hydrogen-bond donors (Lipinski definition) is 1. The molecule has 1 aliphatic carbocycles. The van der Waals surface area contributed by atoms with Crippen molar-refractivity contribution in [3.63, 3.8) is 0 Å². The van der Waals surface area contributed by atoms with E-state index in [1.807, 2.05) is 0 Å². The molecule has 17 heavy (non-hydrogen) atoms. The van der Waals surface area contributed by atoms with E-state index in [4.69, 9.17) is 0 Å². The number of rotatable bonds is 4. The van der Waals surface area contributed by atoms with Crippen molar-refractivity contribution >= 4 is 15.9 Å². The van der Waals surface area contributed by atoms with Gasteiger partial charge in [0.1, 0.15) is 0 Å². The lowest BCUT2D eigenvalue weighted by molar-refractivity contribution is 0.0832. The van der Waals surface area contributed by atoms with Crippen molar-refractivity contribution in [2.24, 2.45) is 5.92 Å². The standard InChI is InChI=1S/C14H26BrNO/c15-14(12-7-3-1-4-8-12)13(17)11-16-9-5-2-6-10-16/h12-14,17H,1-11H2/t13-,14+/m0/s1. The van der Waals surface area contributed by atoms with Crippen LogP contribution >= 0.6 is 15.9 Å². The summed E-state index contributed by atoms with van der Waals surface area (Å²) in [6.07, 6.45) is 10.5. The minimum absolute atomic E-state index is 0.184. The number of likely N-dealkylation sites (tertiary alicyclic amines) is 1. The van der Waals surface area contributed by atoms with Crippen LogP contribution in [-0.4, -0.2) is 40.6 Å². The Morgan fingerprint density at radius 3 is 2.24 bits per heavy atom. The molecule has 2 aliphatic rings. The number of nitrogens with zero attached hydrogens (tertiary/aromatic N) is 1. The molecule has 0 radical (unpaired) electrons. The number of aliphatic hydroxyl groups is 1. The topological polar surface area (TPSA) is 23.5 Å². The second-order valence-corrected chi connectivity index (χ2v) is 6.83. The van der Waals surface area contributed by atoms with Crippen LogP contribution in [0.5, 0.6) is 0 Å². The van der Waals surface area contributed by atoms with Crippen LogP contribution in [0.2, 0.25) is 0 Å². The van der Waals surface area contributed by atoms with Crippen molar-refractivity contribution in [2.75, 3.05) is 19.6 Å². The molecule has 0 aromatic heterocycles. The molecule has 2 fully saturated rings. The van der Waals surface area contributed by atoms with Crippen molar-refractivity contribution in [2.45, 2.75) is 62.3 Å². The Balaban J connectivity index is 1.75. The fourth-order valence-electron chi connectivity index (χ4n) is 3.27. The molecule has 100 valence electrons. The number of alkyl halides is 1. The van der Waals surface area contributed by atoms with Gasteiger partial charge in [0.2, 0.25) is 0 Å². The number of hydrogen-bond acceptors (Lipinski definition) is 2. The smallest absolute Gasteiger partial charge is 0.0794 e. The summed E-state index contributed by atoms with van der Waals surface area (Å²) >= 11 is 3.75. The summed E-state index contributed by atoms with van der Waals surface area (Å²) in [7, 11) is 0. The average molecular weight is 304 g/mol. The Morgan fingerprint density at radius 1 is 1.00 bits per heavy atom. The van der Waals surface area contributed by atoms with E-state index in [1.54, 1.807) is 0 Å². The summed E-state index contributed by atoms with van der Waals surface area (Å²) < 4.78 is 0. The van der Waals surface area contributed by atoms with Gasteiger partial charge in [0.15, 0.2) is 0 Å². The maximum Gasteiger partial charge on any atom is 0.0794 e. The van der Waals surface area contributed by atoms with Gasteiger partial charge in [-0.1, -0.05) is 41.6 Å². The van der Waals surface area contributed by atoms with Crippen LogP contribution < -0.4 is 0 Å². The highest BCUT2D eigenvalue weighted by Crippen LogP contribution is 2.32. The van der Waals surface area contributed by atoms with Crippen LogP contribution in [-0.2, 0) is 0 Å². The zero-order chi connectivity index (χ0) is 12.1. The largest absolute Gasteiger partial charge is 0.391 e. The highest BCUT2D eigenvalue weighted by Gasteiger charge is 2.28. The van der Waals surface area contributed by atoms with Crippen molar-refractivity contribution in [1.82, 2.24) is 4.90 Å². The van der Waals surface area contributed by atoms with E-state index in [-0.39, 0.29) is 6.10 Å². The first kappa shape index (κ1) is 13.8. The van der Waals surface area contributed by atoms with Crippen molar-refractivity contribution < 1.29 is 5.11 Å². The van der Waals surface area contributed by atoms with Crippen LogP contribution in [0.15, 0.2) is 0 Å². The molecule has 1 heterocycles. The summed E-state index contributed by atoms with van der Waals surface area (Å²) in [5, 5.41) is 10.3. The minimum atomic E-state index is -0.184. The summed E-state index contributed by atoms with van der Waals surface area (Å²) in [5.74, 6) is 0.698. The first-order chi connectivity index (χ1) is 8.27. The highest BCUT2D eigenvalue weighted by atomic mass is 79.9. The molecule has 3 heteroatoms. The van der Waals surface area contributed by atoms with Crippen LogP contribution in [0.1, 0.15) is 51.4 Å². The number of aliphatic hydroxyl groups excluding tert-OH is 1. The van der Waals surface area contributed by atoms with Gasteiger partial charge in [0, 0.05) is 11.4 Å². The summed E-state index contributed by atoms with van der Waals surface area (Å²) in [6.45, 7) is 3.23. The van der Waals surface area contributed by atoms with Gasteiger partial charge in [-0.3, -0.25) is 0 Å². The van der Waals surface area contributed by atoms with E-state index in [1.165, 1.54) is 64.5 Å². The molecule has 2 nitrogen and oxygen atoms in total. The van der Waals surface area contributed by atoms with Gasteiger partial charge in [0.25, 0.3) is 0 Å². The molecule has 2 atom stereocenters. The highest BCUT2D eigenvalue weighted by molar-refractivity contribution is 9.09. The zero-order valence-corrected chi connectivity index (χ0v) is 12.4. The molecular formula is C14H26BrNO. The van der Waals surface area contributed by atoms with E-state index in [0.717, 1.165) is 6.54 Å². The van der Waals surface area contributed by atoms with Gasteiger partial charge in [-0.05, 0) is 44.7 Å². The summed E-state index contributed by atoms with van der Waals surface area (Å²) in [5.41, 5.74) is 0. The lowest BCUT2D eigenvalue weighted by Gasteiger charge is -2.34. The number of piperidine rings is 1. The van der Waals surface area contributed by atoms with Gasteiger partial charge in [-0.2, -0.15) is 0 Å². The van der Waals surface area contributed by atoms with Crippen LogP contribution in [0.3, 0.4) is 0 Å². The molecule has 1 N–H and O–H groups in total. The molecule has 0 unspecified atom stereocenters. The summed E-state index contributed by atoms with van der Waals surface area (Å²) in [4.78, 5) is 2.75. The van der Waals surface area contributed by atoms with E-state index in [0.29, 0.717) is 10.7 Å². The quantitative estimate of drug-likeness (QED) is 0.806. The molecule has 0 bridgehead atoms. The molecule has 0 amide bonds. The Morgan fingerprint density at radius 2 is 1.59 bits per heavy atom. The van der Waals surface area contributed by atoms with Gasteiger partial charge in [-0.15, -0.1) is 0 Å². The van der Waals surface area contributed by atoms with Gasteiger partial charge < -0.3 is 10.0 Å². The molecule has 0 aromatic carbocycles. The second-order valence-electron chi connectivity index (χ2n) is 5.77. The third kappa shape index (κ3) is 4.22. The average Bonchev–Trinajstić information content (AvgIpc) is 2.40. The van der Waals surface area contributed by atoms with Gasteiger partial charge >= 0.3 is 0 Å².